The highest BCUT2D eigenvalue weighted by Gasteiger charge is 2.14. The second-order valence-corrected chi connectivity index (χ2v) is 5.76. The van der Waals surface area contributed by atoms with Gasteiger partial charge in [-0.3, -0.25) is 4.79 Å². The van der Waals surface area contributed by atoms with Crippen LogP contribution in [0.15, 0.2) is 46.9 Å². The van der Waals surface area contributed by atoms with Crippen molar-refractivity contribution < 1.29 is 19.7 Å². The molecule has 26 heavy (non-hydrogen) atoms. The Labute approximate surface area is 153 Å². The fraction of sp³-hybridized carbons (Fsp3) is 0.0556. The third kappa shape index (κ3) is 4.47. The van der Waals surface area contributed by atoms with Crippen LogP contribution >= 0.6 is 11.8 Å². The van der Waals surface area contributed by atoms with Crippen LogP contribution in [0, 0.1) is 22.0 Å². The number of amides is 1. The number of rotatable bonds is 5. The van der Waals surface area contributed by atoms with E-state index in [-0.39, 0.29) is 27.7 Å². The van der Waals surface area contributed by atoms with Crippen molar-refractivity contribution in [3.8, 4) is 28.7 Å². The number of nitrogens with one attached hydrogen (secondary N) is 1. The number of benzene rings is 2. The number of phenolic OH excluding ortho intramolecular Hbond substituents is 2. The van der Waals surface area contributed by atoms with Crippen molar-refractivity contribution in [1.82, 2.24) is 0 Å². The maximum atomic E-state index is 12.3. The van der Waals surface area contributed by atoms with E-state index in [4.69, 9.17) is 10.00 Å². The average molecular weight is 367 g/mol. The molecule has 0 radical (unpaired) electrons. The quantitative estimate of drug-likeness (QED) is 0.243. The van der Waals surface area contributed by atoms with Crippen LogP contribution in [0.3, 0.4) is 0 Å². The third-order valence-corrected chi connectivity index (χ3v) is 3.86. The summed E-state index contributed by atoms with van der Waals surface area (Å²) in [4.78, 5) is 12.5. The van der Waals surface area contributed by atoms with Gasteiger partial charge in [-0.05, 0) is 59.8 Å². The van der Waals surface area contributed by atoms with Crippen molar-refractivity contribution >= 4 is 29.4 Å². The Morgan fingerprint density at radius 1 is 1.23 bits per heavy atom. The molecule has 0 atom stereocenters. The van der Waals surface area contributed by atoms with Crippen LogP contribution in [0.4, 0.5) is 5.69 Å². The number of ether oxygens (including phenoxy) is 1. The summed E-state index contributed by atoms with van der Waals surface area (Å²) in [5.41, 5.74) is 0.645. The number of phenols is 2. The van der Waals surface area contributed by atoms with Crippen LogP contribution < -0.4 is 10.1 Å². The molecule has 7 nitrogen and oxygen atoms in total. The van der Waals surface area contributed by atoms with Crippen LogP contribution in [0.5, 0.6) is 17.2 Å². The minimum Gasteiger partial charge on any atom is -0.508 e. The highest BCUT2D eigenvalue weighted by atomic mass is 32.2. The van der Waals surface area contributed by atoms with E-state index in [9.17, 15) is 20.3 Å². The minimum atomic E-state index is -0.639. The minimum absolute atomic E-state index is 0.0535. The van der Waals surface area contributed by atoms with Crippen molar-refractivity contribution in [3.63, 3.8) is 0 Å². The SMILES string of the molecule is COc1cc(/C=C(/C#N)C(=O)Nc2ccc(O)cc2)cc(SC#N)c1O. The maximum Gasteiger partial charge on any atom is 0.266 e. The molecular weight excluding hydrogens is 354 g/mol. The first-order valence-electron chi connectivity index (χ1n) is 7.17. The highest BCUT2D eigenvalue weighted by molar-refractivity contribution is 8.03. The van der Waals surface area contributed by atoms with E-state index in [0.29, 0.717) is 11.3 Å². The molecule has 0 aromatic heterocycles. The van der Waals surface area contributed by atoms with Gasteiger partial charge in [0.1, 0.15) is 22.8 Å². The molecule has 0 spiro atoms. The number of carbonyl (C=O) groups excluding carboxylic acids is 1. The van der Waals surface area contributed by atoms with Gasteiger partial charge in [0.2, 0.25) is 0 Å². The number of anilines is 1. The molecule has 0 saturated heterocycles. The predicted octanol–water partition coefficient (Wildman–Crippen LogP) is 3.23. The largest absolute Gasteiger partial charge is 0.508 e. The third-order valence-electron chi connectivity index (χ3n) is 3.24. The highest BCUT2D eigenvalue weighted by Crippen LogP contribution is 2.38. The Hall–Kier alpha value is -3.62. The van der Waals surface area contributed by atoms with E-state index in [1.165, 1.54) is 49.6 Å². The summed E-state index contributed by atoms with van der Waals surface area (Å²) in [6.45, 7) is 0. The van der Waals surface area contributed by atoms with E-state index in [0.717, 1.165) is 11.8 Å². The number of aromatic hydroxyl groups is 2. The van der Waals surface area contributed by atoms with E-state index < -0.39 is 5.91 Å². The Morgan fingerprint density at radius 2 is 1.92 bits per heavy atom. The van der Waals surface area contributed by atoms with Crippen LogP contribution in [0.2, 0.25) is 0 Å². The van der Waals surface area contributed by atoms with Crippen LogP contribution in [-0.4, -0.2) is 23.2 Å². The van der Waals surface area contributed by atoms with Crippen molar-refractivity contribution in [3.05, 3.63) is 47.5 Å². The number of nitrogens with zero attached hydrogens (tertiary/aromatic N) is 2. The number of methoxy groups -OCH3 is 1. The number of hydrogen-bond donors (Lipinski definition) is 3. The smallest absolute Gasteiger partial charge is 0.266 e. The Bertz CT molecular complexity index is 941. The standard InChI is InChI=1S/C18H13N3O4S/c1-25-15-7-11(8-16(17(15)23)26-10-20)6-12(9-19)18(24)21-13-2-4-14(22)5-3-13/h2-8,22-23H,1H3,(H,21,24)/b12-6-. The monoisotopic (exact) mass is 367 g/mol. The summed E-state index contributed by atoms with van der Waals surface area (Å²) < 4.78 is 5.05. The molecule has 2 rings (SSSR count). The lowest BCUT2D eigenvalue weighted by atomic mass is 10.1. The van der Waals surface area contributed by atoms with Crippen molar-refractivity contribution in [1.29, 1.82) is 10.5 Å². The van der Waals surface area contributed by atoms with Crippen molar-refractivity contribution in [2.24, 2.45) is 0 Å². The van der Waals surface area contributed by atoms with E-state index in [2.05, 4.69) is 5.32 Å². The van der Waals surface area contributed by atoms with E-state index in [1.807, 2.05) is 11.5 Å². The van der Waals surface area contributed by atoms with Gasteiger partial charge in [0.25, 0.3) is 5.91 Å². The topological polar surface area (TPSA) is 126 Å². The number of carbonyl (C=O) groups is 1. The Balaban J connectivity index is 2.34. The molecular formula is C18H13N3O4S. The van der Waals surface area contributed by atoms with Crippen LogP contribution in [0.1, 0.15) is 5.56 Å². The van der Waals surface area contributed by atoms with Gasteiger partial charge in [-0.1, -0.05) is 0 Å². The van der Waals surface area contributed by atoms with Gasteiger partial charge >= 0.3 is 0 Å². The van der Waals surface area contributed by atoms with Crippen molar-refractivity contribution in [2.75, 3.05) is 12.4 Å². The molecule has 2 aromatic rings. The molecule has 0 unspecified atom stereocenters. The molecule has 130 valence electrons. The lowest BCUT2D eigenvalue weighted by Gasteiger charge is -2.09. The molecule has 8 heteroatoms. The summed E-state index contributed by atoms with van der Waals surface area (Å²) >= 11 is 0.732. The Morgan fingerprint density at radius 3 is 2.50 bits per heavy atom. The number of thiocyanates is 1. The number of nitriles is 2. The fourth-order valence-electron chi connectivity index (χ4n) is 2.03. The first kappa shape index (κ1) is 18.7. The summed E-state index contributed by atoms with van der Waals surface area (Å²) in [6.07, 6.45) is 1.32. The average Bonchev–Trinajstić information content (AvgIpc) is 2.64. The fourth-order valence-corrected chi connectivity index (χ4v) is 2.52. The van der Waals surface area contributed by atoms with Crippen LogP contribution in [0.25, 0.3) is 6.08 Å². The number of hydrogen-bond acceptors (Lipinski definition) is 7. The first-order chi connectivity index (χ1) is 12.5. The zero-order chi connectivity index (χ0) is 19.1. The molecule has 1 amide bonds. The molecule has 0 heterocycles. The zero-order valence-corrected chi connectivity index (χ0v) is 14.4. The molecule has 2 aromatic carbocycles. The number of thioether (sulfide) groups is 1. The van der Waals surface area contributed by atoms with E-state index >= 15 is 0 Å². The Kier molecular flexibility index (Phi) is 6.10. The maximum absolute atomic E-state index is 12.3. The van der Waals surface area contributed by atoms with Gasteiger partial charge in [-0.15, -0.1) is 0 Å². The second kappa shape index (κ2) is 8.47. The molecule has 0 fully saturated rings. The molecule has 0 aliphatic carbocycles. The van der Waals surface area contributed by atoms with Gasteiger partial charge in [0, 0.05) is 5.69 Å². The molecule has 3 N–H and O–H groups in total. The van der Waals surface area contributed by atoms with Gasteiger partial charge in [0.15, 0.2) is 11.5 Å². The molecule has 0 bridgehead atoms. The molecule has 0 aliphatic rings. The zero-order valence-electron chi connectivity index (χ0n) is 13.6. The lowest BCUT2D eigenvalue weighted by Crippen LogP contribution is -2.13. The lowest BCUT2D eigenvalue weighted by molar-refractivity contribution is -0.112. The normalized spacial score (nSPS) is 10.5. The van der Waals surface area contributed by atoms with E-state index in [1.54, 1.807) is 0 Å². The summed E-state index contributed by atoms with van der Waals surface area (Å²) in [6, 6.07) is 10.5. The summed E-state index contributed by atoms with van der Waals surface area (Å²) in [5, 5.41) is 41.7. The van der Waals surface area contributed by atoms with Gasteiger partial charge in [-0.25, -0.2) is 0 Å². The summed E-state index contributed by atoms with van der Waals surface area (Å²) in [7, 11) is 1.35. The van der Waals surface area contributed by atoms with Crippen molar-refractivity contribution in [2.45, 2.75) is 4.90 Å². The van der Waals surface area contributed by atoms with Crippen LogP contribution in [-0.2, 0) is 4.79 Å². The van der Waals surface area contributed by atoms with Gasteiger partial charge in [0.05, 0.1) is 12.0 Å². The first-order valence-corrected chi connectivity index (χ1v) is 7.99. The van der Waals surface area contributed by atoms with Gasteiger partial charge in [-0.2, -0.15) is 10.5 Å². The molecule has 0 aliphatic heterocycles. The van der Waals surface area contributed by atoms with Gasteiger partial charge < -0.3 is 20.3 Å². The summed E-state index contributed by atoms with van der Waals surface area (Å²) in [5.74, 6) is -0.659. The predicted molar refractivity (Wildman–Crippen MR) is 96.5 cm³/mol. The second-order valence-electron chi connectivity index (χ2n) is 4.93. The molecule has 0 saturated carbocycles.